The highest BCUT2D eigenvalue weighted by atomic mass is 19.3. The largest absolute Gasteiger partial charge is 0.429 e. The molecule has 0 spiro atoms. The van der Waals surface area contributed by atoms with Gasteiger partial charge in [0.15, 0.2) is 17.4 Å². The van der Waals surface area contributed by atoms with Crippen molar-refractivity contribution in [3.05, 3.63) is 106 Å². The second kappa shape index (κ2) is 12.9. The molecule has 0 saturated heterocycles. The molecule has 4 aromatic rings. The third-order valence-corrected chi connectivity index (χ3v) is 6.67. The predicted molar refractivity (Wildman–Crippen MR) is 139 cm³/mol. The molecular weight excluding hydrogens is 497 g/mol. The average Bonchev–Trinajstić information content (AvgIpc) is 2.90. The summed E-state index contributed by atoms with van der Waals surface area (Å²) in [6.07, 6.45) is 8.50. The lowest BCUT2D eigenvalue weighted by Gasteiger charge is -2.11. The van der Waals surface area contributed by atoms with Crippen molar-refractivity contribution in [1.82, 2.24) is 4.98 Å². The number of fused-ring (bicyclic) bond motifs is 1. The molecule has 0 aliphatic carbocycles. The molecule has 3 aromatic carbocycles. The van der Waals surface area contributed by atoms with Gasteiger partial charge in [0.05, 0.1) is 0 Å². The van der Waals surface area contributed by atoms with Gasteiger partial charge in [0.25, 0.3) is 0 Å². The van der Waals surface area contributed by atoms with E-state index in [1.54, 1.807) is 12.1 Å². The number of rotatable bonds is 12. The zero-order valence-electron chi connectivity index (χ0n) is 21.3. The van der Waals surface area contributed by atoms with Crippen LogP contribution in [0, 0.1) is 17.5 Å². The second-order valence-corrected chi connectivity index (χ2v) is 9.48. The zero-order chi connectivity index (χ0) is 27.1. The maximum atomic E-state index is 15.2. The fraction of sp³-hybridized carbons (Fsp3) is 0.323. The SMILES string of the molecule is CCCCCc1ccc(CCc2ccc3c(F)c(CCc4cc(F)c(OC(F)F)c(F)c4)ccc3c2)nc1. The number of pyridine rings is 1. The van der Waals surface area contributed by atoms with Crippen LogP contribution in [-0.4, -0.2) is 11.6 Å². The Labute approximate surface area is 219 Å². The first kappa shape index (κ1) is 27.6. The van der Waals surface area contributed by atoms with Crippen molar-refractivity contribution in [2.45, 2.75) is 64.9 Å². The van der Waals surface area contributed by atoms with E-state index in [4.69, 9.17) is 0 Å². The number of aromatic nitrogens is 1. The minimum Gasteiger partial charge on any atom is -0.429 e. The van der Waals surface area contributed by atoms with E-state index in [9.17, 15) is 17.6 Å². The molecule has 38 heavy (non-hydrogen) atoms. The number of aryl methyl sites for hydroxylation is 5. The number of hydrogen-bond donors (Lipinski definition) is 0. The quantitative estimate of drug-likeness (QED) is 0.136. The summed E-state index contributed by atoms with van der Waals surface area (Å²) in [4.78, 5) is 4.59. The molecular formula is C31H30F5NO. The third kappa shape index (κ3) is 7.09. The number of unbranched alkanes of at least 4 members (excludes halogenated alkanes) is 2. The van der Waals surface area contributed by atoms with E-state index in [0.717, 1.165) is 48.0 Å². The van der Waals surface area contributed by atoms with Crippen molar-refractivity contribution in [3.8, 4) is 5.75 Å². The first-order valence-electron chi connectivity index (χ1n) is 12.9. The van der Waals surface area contributed by atoms with Crippen LogP contribution in [0.2, 0.25) is 0 Å². The van der Waals surface area contributed by atoms with Crippen LogP contribution >= 0.6 is 0 Å². The van der Waals surface area contributed by atoms with E-state index < -0.39 is 24.0 Å². The number of ether oxygens (including phenoxy) is 1. The van der Waals surface area contributed by atoms with E-state index in [1.165, 1.54) is 24.8 Å². The highest BCUT2D eigenvalue weighted by Crippen LogP contribution is 2.27. The van der Waals surface area contributed by atoms with Crippen LogP contribution in [0.4, 0.5) is 22.0 Å². The molecule has 0 atom stereocenters. The smallest absolute Gasteiger partial charge is 0.387 e. The fourth-order valence-corrected chi connectivity index (χ4v) is 4.57. The number of halogens is 5. The van der Waals surface area contributed by atoms with Gasteiger partial charge in [-0.2, -0.15) is 8.78 Å². The first-order valence-corrected chi connectivity index (χ1v) is 12.9. The van der Waals surface area contributed by atoms with Gasteiger partial charge in [-0.15, -0.1) is 0 Å². The number of alkyl halides is 2. The molecule has 0 saturated carbocycles. The van der Waals surface area contributed by atoms with Crippen LogP contribution < -0.4 is 4.74 Å². The van der Waals surface area contributed by atoms with Gasteiger partial charge >= 0.3 is 6.61 Å². The number of benzene rings is 3. The standard InChI is InChI=1S/C31H30F5NO/c1-2-3-4-5-21-8-14-25(37-19-21)13-7-20-9-15-26-24(16-20)12-11-23(29(26)34)10-6-22-17-27(32)30(28(33)18-22)38-31(35)36/h8-9,11-12,14-19,31H,2-7,10,13H2,1H3. The summed E-state index contributed by atoms with van der Waals surface area (Å²) < 4.78 is 71.7. The number of nitrogens with zero attached hydrogens (tertiary/aromatic N) is 1. The Kier molecular flexibility index (Phi) is 9.32. The molecule has 0 aliphatic heterocycles. The molecule has 200 valence electrons. The third-order valence-electron chi connectivity index (χ3n) is 6.67. The highest BCUT2D eigenvalue weighted by molar-refractivity contribution is 5.84. The lowest BCUT2D eigenvalue weighted by atomic mass is 9.97. The van der Waals surface area contributed by atoms with Crippen molar-refractivity contribution in [2.75, 3.05) is 0 Å². The van der Waals surface area contributed by atoms with Gasteiger partial charge in [0, 0.05) is 17.3 Å². The van der Waals surface area contributed by atoms with E-state index in [-0.39, 0.29) is 24.2 Å². The summed E-state index contributed by atoms with van der Waals surface area (Å²) in [6.45, 7) is -1.14. The molecule has 0 radical (unpaired) electrons. The summed E-state index contributed by atoms with van der Waals surface area (Å²) >= 11 is 0. The lowest BCUT2D eigenvalue weighted by molar-refractivity contribution is -0.0546. The molecule has 7 heteroatoms. The predicted octanol–water partition coefficient (Wildman–Crippen LogP) is 8.56. The van der Waals surface area contributed by atoms with Crippen molar-refractivity contribution in [2.24, 2.45) is 0 Å². The van der Waals surface area contributed by atoms with Gasteiger partial charge in [-0.25, -0.2) is 13.2 Å². The van der Waals surface area contributed by atoms with E-state index in [0.29, 0.717) is 10.9 Å². The Morgan fingerprint density at radius 3 is 2.16 bits per heavy atom. The van der Waals surface area contributed by atoms with Crippen LogP contribution in [0.3, 0.4) is 0 Å². The Hall–Kier alpha value is -3.48. The summed E-state index contributed by atoms with van der Waals surface area (Å²) in [5.41, 5.74) is 3.98. The summed E-state index contributed by atoms with van der Waals surface area (Å²) in [7, 11) is 0. The first-order chi connectivity index (χ1) is 18.3. The molecule has 0 N–H and O–H groups in total. The summed E-state index contributed by atoms with van der Waals surface area (Å²) in [5, 5.41) is 1.24. The van der Waals surface area contributed by atoms with Crippen LogP contribution in [0.25, 0.3) is 10.8 Å². The number of hydrogen-bond acceptors (Lipinski definition) is 2. The van der Waals surface area contributed by atoms with Gasteiger partial charge in [0.1, 0.15) is 5.82 Å². The van der Waals surface area contributed by atoms with Crippen molar-refractivity contribution >= 4 is 10.8 Å². The normalized spacial score (nSPS) is 11.4. The molecule has 0 amide bonds. The highest BCUT2D eigenvalue weighted by Gasteiger charge is 2.17. The Bertz CT molecular complexity index is 1350. The lowest BCUT2D eigenvalue weighted by Crippen LogP contribution is -2.06. The Morgan fingerprint density at radius 1 is 0.737 bits per heavy atom. The van der Waals surface area contributed by atoms with E-state index in [1.807, 2.05) is 24.4 Å². The Balaban J connectivity index is 1.39. The van der Waals surface area contributed by atoms with Crippen LogP contribution in [0.5, 0.6) is 5.75 Å². The molecule has 0 aliphatic rings. The molecule has 0 fully saturated rings. The summed E-state index contributed by atoms with van der Waals surface area (Å²) in [5.74, 6) is -3.94. The van der Waals surface area contributed by atoms with E-state index >= 15 is 4.39 Å². The maximum Gasteiger partial charge on any atom is 0.387 e. The van der Waals surface area contributed by atoms with Gasteiger partial charge in [-0.3, -0.25) is 4.98 Å². The van der Waals surface area contributed by atoms with Gasteiger partial charge in [0.2, 0.25) is 0 Å². The topological polar surface area (TPSA) is 22.1 Å². The minimum absolute atomic E-state index is 0.133. The van der Waals surface area contributed by atoms with Crippen LogP contribution in [-0.2, 0) is 32.1 Å². The monoisotopic (exact) mass is 527 g/mol. The maximum absolute atomic E-state index is 15.2. The molecule has 0 unspecified atom stereocenters. The molecule has 0 bridgehead atoms. The van der Waals surface area contributed by atoms with Gasteiger partial charge in [-0.05, 0) is 84.4 Å². The molecule has 1 heterocycles. The van der Waals surface area contributed by atoms with Gasteiger partial charge in [-0.1, -0.05) is 56.2 Å². The molecule has 1 aromatic heterocycles. The molecule has 2 nitrogen and oxygen atoms in total. The van der Waals surface area contributed by atoms with Crippen molar-refractivity contribution < 1.29 is 26.7 Å². The minimum atomic E-state index is -3.33. The average molecular weight is 528 g/mol. The second-order valence-electron chi connectivity index (χ2n) is 9.48. The van der Waals surface area contributed by atoms with Crippen LogP contribution in [0.15, 0.2) is 60.8 Å². The fourth-order valence-electron chi connectivity index (χ4n) is 4.57. The zero-order valence-corrected chi connectivity index (χ0v) is 21.3. The summed E-state index contributed by atoms with van der Waals surface area (Å²) in [6, 6.07) is 15.2. The van der Waals surface area contributed by atoms with E-state index in [2.05, 4.69) is 28.8 Å². The van der Waals surface area contributed by atoms with Gasteiger partial charge < -0.3 is 4.74 Å². The Morgan fingerprint density at radius 2 is 1.47 bits per heavy atom. The molecule has 4 rings (SSSR count). The van der Waals surface area contributed by atoms with Crippen LogP contribution in [0.1, 0.15) is 54.1 Å². The van der Waals surface area contributed by atoms with Crippen molar-refractivity contribution in [3.63, 3.8) is 0 Å². The van der Waals surface area contributed by atoms with Crippen molar-refractivity contribution in [1.29, 1.82) is 0 Å².